The van der Waals surface area contributed by atoms with E-state index in [0.717, 1.165) is 17.8 Å². The number of likely N-dealkylation sites (N-methyl/N-ethyl adjacent to an activating group) is 1. The van der Waals surface area contributed by atoms with Crippen LogP contribution < -0.4 is 5.32 Å². The number of halogens is 2. The second-order valence-corrected chi connectivity index (χ2v) is 4.09. The molecule has 1 atom stereocenters. The first kappa shape index (κ1) is 12.6. The van der Waals surface area contributed by atoms with Crippen molar-refractivity contribution in [2.75, 3.05) is 7.05 Å². The molecule has 96 valence electrons. The lowest BCUT2D eigenvalue weighted by atomic mass is 10.0. The highest BCUT2D eigenvalue weighted by Crippen LogP contribution is 2.21. The quantitative estimate of drug-likeness (QED) is 0.898. The predicted molar refractivity (Wildman–Crippen MR) is 62.9 cm³/mol. The molecule has 0 aliphatic carbocycles. The Morgan fingerprint density at radius 3 is 2.78 bits per heavy atom. The summed E-state index contributed by atoms with van der Waals surface area (Å²) in [5, 5.41) is 10.7. The van der Waals surface area contributed by atoms with Crippen LogP contribution in [0, 0.1) is 11.6 Å². The standard InChI is InChI=1S/C12H14F2N4/c1-15-12(6-9-7-18(2)17-16-9)10-5-8(13)3-4-11(10)14/h3-5,7,12,15H,6H2,1-2H3. The molecule has 4 nitrogen and oxygen atoms in total. The molecule has 1 heterocycles. The van der Waals surface area contributed by atoms with Crippen molar-refractivity contribution in [1.82, 2.24) is 20.3 Å². The highest BCUT2D eigenvalue weighted by atomic mass is 19.1. The minimum Gasteiger partial charge on any atom is -0.313 e. The van der Waals surface area contributed by atoms with E-state index in [4.69, 9.17) is 0 Å². The smallest absolute Gasteiger partial charge is 0.128 e. The molecule has 1 aromatic carbocycles. The van der Waals surface area contributed by atoms with E-state index in [1.54, 1.807) is 25.0 Å². The number of benzene rings is 1. The molecule has 0 aliphatic rings. The van der Waals surface area contributed by atoms with E-state index in [9.17, 15) is 8.78 Å². The van der Waals surface area contributed by atoms with Gasteiger partial charge in [-0.2, -0.15) is 0 Å². The van der Waals surface area contributed by atoms with E-state index in [0.29, 0.717) is 12.0 Å². The van der Waals surface area contributed by atoms with Crippen LogP contribution in [0.2, 0.25) is 0 Å². The molecule has 0 spiro atoms. The Morgan fingerprint density at radius 1 is 1.39 bits per heavy atom. The zero-order chi connectivity index (χ0) is 13.1. The molecule has 0 amide bonds. The molecule has 0 radical (unpaired) electrons. The van der Waals surface area contributed by atoms with Crippen molar-refractivity contribution in [2.24, 2.45) is 7.05 Å². The van der Waals surface area contributed by atoms with Crippen molar-refractivity contribution in [3.63, 3.8) is 0 Å². The predicted octanol–water partition coefficient (Wildman–Crippen LogP) is 1.60. The Kier molecular flexibility index (Phi) is 3.66. The average molecular weight is 252 g/mol. The van der Waals surface area contributed by atoms with Gasteiger partial charge in [-0.3, -0.25) is 4.68 Å². The molecule has 18 heavy (non-hydrogen) atoms. The van der Waals surface area contributed by atoms with Crippen LogP contribution in [-0.2, 0) is 13.5 Å². The van der Waals surface area contributed by atoms with Gasteiger partial charge in [-0.1, -0.05) is 5.21 Å². The van der Waals surface area contributed by atoms with E-state index >= 15 is 0 Å². The van der Waals surface area contributed by atoms with Gasteiger partial charge in [0, 0.05) is 31.3 Å². The van der Waals surface area contributed by atoms with Crippen LogP contribution in [0.3, 0.4) is 0 Å². The Morgan fingerprint density at radius 2 is 2.17 bits per heavy atom. The molecular weight excluding hydrogens is 238 g/mol. The highest BCUT2D eigenvalue weighted by Gasteiger charge is 2.16. The summed E-state index contributed by atoms with van der Waals surface area (Å²) in [7, 11) is 3.46. The normalized spacial score (nSPS) is 12.7. The van der Waals surface area contributed by atoms with Crippen LogP contribution >= 0.6 is 0 Å². The average Bonchev–Trinajstić information content (AvgIpc) is 2.75. The van der Waals surface area contributed by atoms with E-state index in [2.05, 4.69) is 15.6 Å². The Labute approximate surface area is 104 Å². The van der Waals surface area contributed by atoms with Crippen molar-refractivity contribution >= 4 is 0 Å². The van der Waals surface area contributed by atoms with Gasteiger partial charge < -0.3 is 5.32 Å². The summed E-state index contributed by atoms with van der Waals surface area (Å²) in [6, 6.07) is 3.10. The van der Waals surface area contributed by atoms with Gasteiger partial charge in [0.05, 0.1) is 5.69 Å². The fraction of sp³-hybridized carbons (Fsp3) is 0.333. The van der Waals surface area contributed by atoms with Gasteiger partial charge in [-0.15, -0.1) is 5.10 Å². The zero-order valence-electron chi connectivity index (χ0n) is 10.2. The molecule has 0 bridgehead atoms. The summed E-state index contributed by atoms with van der Waals surface area (Å²) in [5.74, 6) is -0.884. The molecule has 0 saturated carbocycles. The lowest BCUT2D eigenvalue weighted by Crippen LogP contribution is -2.20. The zero-order valence-corrected chi connectivity index (χ0v) is 10.2. The molecule has 1 unspecified atom stereocenters. The number of hydrogen-bond acceptors (Lipinski definition) is 3. The van der Waals surface area contributed by atoms with E-state index in [1.807, 2.05) is 0 Å². The minimum absolute atomic E-state index is 0.295. The first-order valence-corrected chi connectivity index (χ1v) is 5.57. The topological polar surface area (TPSA) is 42.7 Å². The molecule has 0 aliphatic heterocycles. The maximum atomic E-state index is 13.7. The summed E-state index contributed by atoms with van der Waals surface area (Å²) in [6.07, 6.45) is 2.20. The third-order valence-corrected chi connectivity index (χ3v) is 2.75. The third kappa shape index (κ3) is 2.70. The van der Waals surface area contributed by atoms with E-state index < -0.39 is 11.6 Å². The van der Waals surface area contributed by atoms with Crippen molar-refractivity contribution in [3.8, 4) is 0 Å². The second kappa shape index (κ2) is 5.22. The Hall–Kier alpha value is -1.82. The van der Waals surface area contributed by atoms with Crippen LogP contribution in [0.15, 0.2) is 24.4 Å². The minimum atomic E-state index is -0.453. The monoisotopic (exact) mass is 252 g/mol. The van der Waals surface area contributed by atoms with E-state index in [1.165, 1.54) is 6.07 Å². The van der Waals surface area contributed by atoms with Crippen LogP contribution in [0.1, 0.15) is 17.3 Å². The number of nitrogens with zero attached hydrogens (tertiary/aromatic N) is 3. The second-order valence-electron chi connectivity index (χ2n) is 4.09. The maximum Gasteiger partial charge on any atom is 0.128 e. The number of rotatable bonds is 4. The largest absolute Gasteiger partial charge is 0.313 e. The van der Waals surface area contributed by atoms with Gasteiger partial charge in [0.15, 0.2) is 0 Å². The van der Waals surface area contributed by atoms with E-state index in [-0.39, 0.29) is 6.04 Å². The molecule has 1 N–H and O–H groups in total. The lowest BCUT2D eigenvalue weighted by Gasteiger charge is -2.16. The summed E-state index contributed by atoms with van der Waals surface area (Å²) < 4.78 is 28.4. The molecule has 6 heteroatoms. The number of nitrogens with one attached hydrogen (secondary N) is 1. The number of aryl methyl sites for hydroxylation is 1. The van der Waals surface area contributed by atoms with Gasteiger partial charge in [-0.05, 0) is 25.2 Å². The Balaban J connectivity index is 2.25. The van der Waals surface area contributed by atoms with Crippen LogP contribution in [0.4, 0.5) is 8.78 Å². The SMILES string of the molecule is CNC(Cc1cn(C)nn1)c1cc(F)ccc1F. The fourth-order valence-corrected chi connectivity index (χ4v) is 1.85. The fourth-order valence-electron chi connectivity index (χ4n) is 1.85. The molecule has 2 rings (SSSR count). The van der Waals surface area contributed by atoms with Crippen LogP contribution in [0.25, 0.3) is 0 Å². The van der Waals surface area contributed by atoms with Crippen LogP contribution in [0.5, 0.6) is 0 Å². The lowest BCUT2D eigenvalue weighted by molar-refractivity contribution is 0.519. The van der Waals surface area contributed by atoms with Crippen molar-refractivity contribution in [1.29, 1.82) is 0 Å². The maximum absolute atomic E-state index is 13.7. The third-order valence-electron chi connectivity index (χ3n) is 2.75. The van der Waals surface area contributed by atoms with Gasteiger partial charge in [0.1, 0.15) is 11.6 Å². The van der Waals surface area contributed by atoms with Gasteiger partial charge in [0.2, 0.25) is 0 Å². The van der Waals surface area contributed by atoms with Crippen molar-refractivity contribution in [3.05, 3.63) is 47.3 Å². The number of hydrogen-bond donors (Lipinski definition) is 1. The Bertz CT molecular complexity index is 539. The molecule has 0 saturated heterocycles. The summed E-state index contributed by atoms with van der Waals surface area (Å²) in [6.45, 7) is 0. The molecule has 0 fully saturated rings. The van der Waals surface area contributed by atoms with Crippen molar-refractivity contribution in [2.45, 2.75) is 12.5 Å². The van der Waals surface area contributed by atoms with Gasteiger partial charge in [0.25, 0.3) is 0 Å². The molecule has 1 aromatic heterocycles. The molecule has 2 aromatic rings. The van der Waals surface area contributed by atoms with Crippen LogP contribution in [-0.4, -0.2) is 22.0 Å². The summed E-state index contributed by atoms with van der Waals surface area (Å²) in [5.41, 5.74) is 1.02. The summed E-state index contributed by atoms with van der Waals surface area (Å²) in [4.78, 5) is 0. The number of aromatic nitrogens is 3. The van der Waals surface area contributed by atoms with Crippen molar-refractivity contribution < 1.29 is 8.78 Å². The van der Waals surface area contributed by atoms with Gasteiger partial charge in [-0.25, -0.2) is 8.78 Å². The molecular formula is C12H14F2N4. The highest BCUT2D eigenvalue weighted by molar-refractivity contribution is 5.23. The first-order chi connectivity index (χ1) is 8.60. The summed E-state index contributed by atoms with van der Waals surface area (Å²) >= 11 is 0. The first-order valence-electron chi connectivity index (χ1n) is 5.57. The van der Waals surface area contributed by atoms with Gasteiger partial charge >= 0.3 is 0 Å².